The first-order valence-corrected chi connectivity index (χ1v) is 12.0. The summed E-state index contributed by atoms with van der Waals surface area (Å²) in [6.45, 7) is 10.9. The zero-order chi connectivity index (χ0) is 24.8. The number of carbonyl (C=O) groups is 3. The summed E-state index contributed by atoms with van der Waals surface area (Å²) >= 11 is 0. The lowest BCUT2D eigenvalue weighted by molar-refractivity contribution is -0.141. The van der Waals surface area contributed by atoms with E-state index in [4.69, 9.17) is 4.74 Å². The fourth-order valence-corrected chi connectivity index (χ4v) is 4.25. The van der Waals surface area contributed by atoms with Crippen LogP contribution < -0.4 is 5.32 Å². The minimum absolute atomic E-state index is 0.0758. The fourth-order valence-electron chi connectivity index (χ4n) is 4.25. The van der Waals surface area contributed by atoms with Crippen molar-refractivity contribution in [3.63, 3.8) is 0 Å². The molecular formula is C26H36N4O4. The number of carbonyl (C=O) groups excluding carboxylic acids is 3. The van der Waals surface area contributed by atoms with Crippen LogP contribution in [0.1, 0.15) is 63.4 Å². The molecule has 0 spiro atoms. The van der Waals surface area contributed by atoms with Gasteiger partial charge in [0.1, 0.15) is 13.1 Å². The van der Waals surface area contributed by atoms with Gasteiger partial charge in [-0.2, -0.15) is 0 Å². The number of esters is 1. The summed E-state index contributed by atoms with van der Waals surface area (Å²) in [6.07, 6.45) is 2.04. The van der Waals surface area contributed by atoms with Gasteiger partial charge in [0.05, 0.1) is 12.6 Å². The first kappa shape index (κ1) is 25.3. The molecule has 0 fully saturated rings. The average molecular weight is 469 g/mol. The van der Waals surface area contributed by atoms with Crippen LogP contribution in [0.2, 0.25) is 0 Å². The molecule has 1 aromatic heterocycles. The Hall–Kier alpha value is -3.29. The summed E-state index contributed by atoms with van der Waals surface area (Å²) < 4.78 is 7.05. The standard InChI is InChI=1S/C26H36N4O4/c1-6-34-24(32)16-27-26(33)30(19(4)5)17-23(31)29-15-14-28-13-7-8-22(28)25(29)21-11-9-20(10-12-21)18(2)3/h7-13,18-19,25H,6,14-17H2,1-5H3,(H,27,33). The van der Waals surface area contributed by atoms with E-state index in [-0.39, 0.29) is 37.7 Å². The zero-order valence-electron chi connectivity index (χ0n) is 20.8. The minimum atomic E-state index is -0.507. The molecule has 1 aliphatic heterocycles. The number of rotatable bonds is 8. The van der Waals surface area contributed by atoms with Crippen LogP contribution in [-0.2, 0) is 20.9 Å². The van der Waals surface area contributed by atoms with Crippen LogP contribution in [0.25, 0.3) is 0 Å². The third-order valence-corrected chi connectivity index (χ3v) is 6.16. The molecule has 0 saturated carbocycles. The number of nitrogens with zero attached hydrogens (tertiary/aromatic N) is 3. The van der Waals surface area contributed by atoms with Gasteiger partial charge < -0.3 is 24.4 Å². The Morgan fingerprint density at radius 3 is 2.41 bits per heavy atom. The number of hydrogen-bond donors (Lipinski definition) is 1. The third kappa shape index (κ3) is 5.79. The van der Waals surface area contributed by atoms with Gasteiger partial charge in [0.2, 0.25) is 5.91 Å². The highest BCUT2D eigenvalue weighted by Crippen LogP contribution is 2.33. The van der Waals surface area contributed by atoms with Crippen molar-refractivity contribution in [2.75, 3.05) is 26.2 Å². The summed E-state index contributed by atoms with van der Waals surface area (Å²) in [7, 11) is 0. The summed E-state index contributed by atoms with van der Waals surface area (Å²) in [6, 6.07) is 11.6. The molecule has 3 rings (SSSR count). The highest BCUT2D eigenvalue weighted by Gasteiger charge is 2.34. The smallest absolute Gasteiger partial charge is 0.325 e. The van der Waals surface area contributed by atoms with E-state index >= 15 is 0 Å². The summed E-state index contributed by atoms with van der Waals surface area (Å²) in [4.78, 5) is 41.2. The Bertz CT molecular complexity index is 996. The fraction of sp³-hybridized carbons (Fsp3) is 0.500. The van der Waals surface area contributed by atoms with Crippen LogP contribution in [0.15, 0.2) is 42.6 Å². The minimum Gasteiger partial charge on any atom is -0.465 e. The Balaban J connectivity index is 1.80. The molecule has 3 amide bonds. The second-order valence-electron chi connectivity index (χ2n) is 9.12. The normalized spacial score (nSPS) is 15.3. The molecule has 8 heteroatoms. The zero-order valence-corrected chi connectivity index (χ0v) is 20.8. The maximum atomic E-state index is 13.6. The van der Waals surface area contributed by atoms with Crippen molar-refractivity contribution in [2.24, 2.45) is 0 Å². The number of ether oxygens (including phenoxy) is 1. The topological polar surface area (TPSA) is 83.9 Å². The van der Waals surface area contributed by atoms with Crippen molar-refractivity contribution < 1.29 is 19.1 Å². The van der Waals surface area contributed by atoms with E-state index in [1.807, 2.05) is 37.1 Å². The van der Waals surface area contributed by atoms with Gasteiger partial charge in [0.25, 0.3) is 0 Å². The number of benzene rings is 1. The van der Waals surface area contributed by atoms with Crippen LogP contribution in [-0.4, -0.2) is 64.6 Å². The molecule has 0 radical (unpaired) electrons. The van der Waals surface area contributed by atoms with Crippen molar-refractivity contribution in [3.8, 4) is 0 Å². The SMILES string of the molecule is CCOC(=O)CNC(=O)N(CC(=O)N1CCn2cccc2C1c1ccc(C(C)C)cc1)C(C)C. The lowest BCUT2D eigenvalue weighted by atomic mass is 9.95. The first-order chi connectivity index (χ1) is 16.2. The number of urea groups is 1. The van der Waals surface area contributed by atoms with Crippen LogP contribution in [0.5, 0.6) is 0 Å². The lowest BCUT2D eigenvalue weighted by Crippen LogP contribution is -2.52. The van der Waals surface area contributed by atoms with Gasteiger partial charge >= 0.3 is 12.0 Å². The number of amides is 3. The molecule has 34 heavy (non-hydrogen) atoms. The molecule has 1 unspecified atom stereocenters. The molecule has 2 aromatic rings. The molecule has 2 heterocycles. The van der Waals surface area contributed by atoms with Gasteiger partial charge in [-0.05, 0) is 49.9 Å². The summed E-state index contributed by atoms with van der Waals surface area (Å²) in [5.74, 6) is -0.215. The number of nitrogens with one attached hydrogen (secondary N) is 1. The van der Waals surface area contributed by atoms with Crippen molar-refractivity contribution in [1.29, 1.82) is 0 Å². The molecular weight excluding hydrogens is 432 g/mol. The Kier molecular flexibility index (Phi) is 8.36. The van der Waals surface area contributed by atoms with Gasteiger partial charge in [-0.1, -0.05) is 38.1 Å². The Labute approximate surface area is 201 Å². The van der Waals surface area contributed by atoms with Gasteiger partial charge in [0.15, 0.2) is 0 Å². The van der Waals surface area contributed by atoms with Gasteiger partial charge in [-0.25, -0.2) is 4.79 Å². The van der Waals surface area contributed by atoms with Crippen LogP contribution in [0.3, 0.4) is 0 Å². The molecule has 0 saturated heterocycles. The first-order valence-electron chi connectivity index (χ1n) is 12.0. The highest BCUT2D eigenvalue weighted by molar-refractivity contribution is 5.86. The highest BCUT2D eigenvalue weighted by atomic mass is 16.5. The Morgan fingerprint density at radius 2 is 1.79 bits per heavy atom. The van der Waals surface area contributed by atoms with E-state index < -0.39 is 12.0 Å². The van der Waals surface area contributed by atoms with Crippen LogP contribution in [0, 0.1) is 0 Å². The van der Waals surface area contributed by atoms with E-state index in [0.29, 0.717) is 19.0 Å². The number of fused-ring (bicyclic) bond motifs is 1. The van der Waals surface area contributed by atoms with Crippen molar-refractivity contribution in [1.82, 2.24) is 19.7 Å². The van der Waals surface area contributed by atoms with Gasteiger partial charge in [-0.3, -0.25) is 9.59 Å². The Morgan fingerprint density at radius 1 is 1.09 bits per heavy atom. The van der Waals surface area contributed by atoms with Crippen molar-refractivity contribution in [2.45, 2.75) is 59.2 Å². The van der Waals surface area contributed by atoms with E-state index in [1.54, 1.807) is 6.92 Å². The van der Waals surface area contributed by atoms with E-state index in [1.165, 1.54) is 10.5 Å². The van der Waals surface area contributed by atoms with Gasteiger partial charge in [0, 0.05) is 31.0 Å². The average Bonchev–Trinajstić information content (AvgIpc) is 3.29. The summed E-state index contributed by atoms with van der Waals surface area (Å²) in [5.41, 5.74) is 3.34. The van der Waals surface area contributed by atoms with E-state index in [9.17, 15) is 14.4 Å². The third-order valence-electron chi connectivity index (χ3n) is 6.16. The number of aromatic nitrogens is 1. The van der Waals surface area contributed by atoms with E-state index in [2.05, 4.69) is 48.0 Å². The molecule has 0 aliphatic carbocycles. The quantitative estimate of drug-likeness (QED) is 0.601. The van der Waals surface area contributed by atoms with Crippen molar-refractivity contribution in [3.05, 3.63) is 59.4 Å². The molecule has 0 bridgehead atoms. The monoisotopic (exact) mass is 468 g/mol. The van der Waals surface area contributed by atoms with Crippen LogP contribution >= 0.6 is 0 Å². The lowest BCUT2D eigenvalue weighted by Gasteiger charge is -2.39. The molecule has 184 valence electrons. The molecule has 1 aromatic carbocycles. The predicted molar refractivity (Wildman–Crippen MR) is 130 cm³/mol. The maximum absolute atomic E-state index is 13.6. The predicted octanol–water partition coefficient (Wildman–Crippen LogP) is 3.53. The van der Waals surface area contributed by atoms with Gasteiger partial charge in [-0.15, -0.1) is 0 Å². The summed E-state index contributed by atoms with van der Waals surface area (Å²) in [5, 5.41) is 2.57. The molecule has 8 nitrogen and oxygen atoms in total. The molecule has 1 N–H and O–H groups in total. The number of hydrogen-bond acceptors (Lipinski definition) is 4. The second kappa shape index (κ2) is 11.2. The van der Waals surface area contributed by atoms with Crippen LogP contribution in [0.4, 0.5) is 4.79 Å². The second-order valence-corrected chi connectivity index (χ2v) is 9.12. The maximum Gasteiger partial charge on any atom is 0.325 e. The van der Waals surface area contributed by atoms with E-state index in [0.717, 1.165) is 11.3 Å². The van der Waals surface area contributed by atoms with Crippen molar-refractivity contribution >= 4 is 17.9 Å². The largest absolute Gasteiger partial charge is 0.465 e. The molecule has 1 atom stereocenters. The molecule has 1 aliphatic rings.